The van der Waals surface area contributed by atoms with Gasteiger partial charge in [0, 0.05) is 30.3 Å². The Kier molecular flexibility index (Phi) is 2.89. The van der Waals surface area contributed by atoms with Crippen molar-refractivity contribution in [2.45, 2.75) is 43.9 Å². The van der Waals surface area contributed by atoms with Crippen molar-refractivity contribution < 1.29 is 4.79 Å². The molecule has 1 N–H and O–H groups in total. The normalized spacial score (nSPS) is 25.7. The smallest absolute Gasteiger partial charge is 0.273 e. The molecule has 1 amide bonds. The highest BCUT2D eigenvalue weighted by molar-refractivity contribution is 7.07. The van der Waals surface area contributed by atoms with E-state index in [1.807, 2.05) is 10.3 Å². The number of carbonyl (C=O) groups is 1. The van der Waals surface area contributed by atoms with E-state index in [1.165, 1.54) is 43.4 Å². The van der Waals surface area contributed by atoms with Crippen LogP contribution in [0.4, 0.5) is 0 Å². The van der Waals surface area contributed by atoms with Crippen molar-refractivity contribution >= 4 is 17.2 Å². The van der Waals surface area contributed by atoms with Crippen LogP contribution in [0.25, 0.3) is 0 Å². The lowest BCUT2D eigenvalue weighted by molar-refractivity contribution is 0.0719. The minimum Gasteiger partial charge on any atom is -0.336 e. The Morgan fingerprint density at radius 1 is 1.39 bits per heavy atom. The molecule has 3 fully saturated rings. The van der Waals surface area contributed by atoms with Crippen molar-refractivity contribution in [2.24, 2.45) is 5.41 Å². The van der Waals surface area contributed by atoms with Crippen molar-refractivity contribution in [1.29, 1.82) is 0 Å². The molecule has 0 aromatic carbocycles. The molecule has 3 heterocycles. The number of hydrogen-bond acceptors (Lipinski definition) is 5. The molecule has 1 spiro atoms. The van der Waals surface area contributed by atoms with Gasteiger partial charge in [0.25, 0.3) is 5.91 Å². The molecular weight excluding hydrogens is 310 g/mol. The number of aromatic amines is 1. The summed E-state index contributed by atoms with van der Waals surface area (Å²) < 4.78 is 0. The molecule has 1 saturated heterocycles. The number of hydrogen-bond donors (Lipinski definition) is 1. The molecule has 1 unspecified atom stereocenters. The van der Waals surface area contributed by atoms with Crippen LogP contribution in [0.3, 0.4) is 0 Å². The van der Waals surface area contributed by atoms with E-state index < -0.39 is 0 Å². The maximum Gasteiger partial charge on any atom is 0.273 e. The van der Waals surface area contributed by atoms with Gasteiger partial charge < -0.3 is 4.90 Å². The highest BCUT2D eigenvalue weighted by Gasteiger charge is 2.53. The Balaban J connectivity index is 1.42. The molecule has 2 aliphatic carbocycles. The molecule has 2 aromatic rings. The third-order valence-electron chi connectivity index (χ3n) is 5.73. The number of thiazole rings is 1. The fourth-order valence-corrected chi connectivity index (χ4v) is 4.61. The molecule has 6 nitrogen and oxygen atoms in total. The lowest BCUT2D eigenvalue weighted by atomic mass is 9.62. The summed E-state index contributed by atoms with van der Waals surface area (Å²) in [5.41, 5.74) is 2.49. The molecule has 7 heteroatoms. The highest BCUT2D eigenvalue weighted by Crippen LogP contribution is 2.55. The van der Waals surface area contributed by atoms with E-state index in [2.05, 4.69) is 15.2 Å². The predicted molar refractivity (Wildman–Crippen MR) is 85.4 cm³/mol. The molecule has 0 bridgehead atoms. The van der Waals surface area contributed by atoms with Crippen LogP contribution < -0.4 is 0 Å². The summed E-state index contributed by atoms with van der Waals surface area (Å²) in [4.78, 5) is 23.6. The maximum absolute atomic E-state index is 12.7. The first-order chi connectivity index (χ1) is 11.3. The van der Waals surface area contributed by atoms with E-state index in [1.54, 1.807) is 5.51 Å². The molecule has 1 atom stereocenters. The molecule has 3 aliphatic rings. The summed E-state index contributed by atoms with van der Waals surface area (Å²) in [6.07, 6.45) is 6.03. The average Bonchev–Trinajstić information content (AvgIpc) is 3.01. The van der Waals surface area contributed by atoms with Crippen LogP contribution in [0.1, 0.15) is 66.1 Å². The maximum atomic E-state index is 12.7. The van der Waals surface area contributed by atoms with E-state index in [0.29, 0.717) is 17.5 Å². The van der Waals surface area contributed by atoms with Gasteiger partial charge in [-0.15, -0.1) is 11.3 Å². The summed E-state index contributed by atoms with van der Waals surface area (Å²) in [5, 5.41) is 9.43. The monoisotopic (exact) mass is 329 g/mol. The largest absolute Gasteiger partial charge is 0.336 e. The van der Waals surface area contributed by atoms with E-state index in [-0.39, 0.29) is 11.3 Å². The standard InChI is InChI=1S/C16H19N5OS/c22-15(12-7-23-9-17-12)21-6-11(16(8-21)4-1-5-16)14-18-13(19-20-14)10-2-3-10/h7,9-11H,1-6,8H2,(H,18,19,20). The van der Waals surface area contributed by atoms with Crippen LogP contribution in [0, 0.1) is 5.41 Å². The van der Waals surface area contributed by atoms with E-state index >= 15 is 0 Å². The van der Waals surface area contributed by atoms with Gasteiger partial charge in [-0.25, -0.2) is 9.97 Å². The third-order valence-corrected chi connectivity index (χ3v) is 6.31. The zero-order chi connectivity index (χ0) is 15.4. The predicted octanol–water partition coefficient (Wildman–Crippen LogP) is 2.55. The van der Waals surface area contributed by atoms with Gasteiger partial charge in [-0.3, -0.25) is 9.89 Å². The topological polar surface area (TPSA) is 74.8 Å². The Hall–Kier alpha value is -1.76. The second-order valence-electron chi connectivity index (χ2n) is 7.18. The number of carbonyl (C=O) groups excluding carboxylic acids is 1. The summed E-state index contributed by atoms with van der Waals surface area (Å²) in [7, 11) is 0. The third kappa shape index (κ3) is 2.13. The Morgan fingerprint density at radius 3 is 2.91 bits per heavy atom. The average molecular weight is 329 g/mol. The molecule has 2 saturated carbocycles. The van der Waals surface area contributed by atoms with Gasteiger partial charge >= 0.3 is 0 Å². The summed E-state index contributed by atoms with van der Waals surface area (Å²) in [5.74, 6) is 2.87. The van der Waals surface area contributed by atoms with Crippen LogP contribution in [-0.2, 0) is 0 Å². The van der Waals surface area contributed by atoms with Crippen molar-refractivity contribution in [2.75, 3.05) is 13.1 Å². The Labute approximate surface area is 138 Å². The number of nitrogens with one attached hydrogen (secondary N) is 1. The van der Waals surface area contributed by atoms with Crippen LogP contribution in [0.15, 0.2) is 10.9 Å². The van der Waals surface area contributed by atoms with Crippen LogP contribution in [0.5, 0.6) is 0 Å². The Bertz CT molecular complexity index is 731. The van der Waals surface area contributed by atoms with Crippen LogP contribution in [-0.4, -0.2) is 44.1 Å². The highest BCUT2D eigenvalue weighted by atomic mass is 32.1. The van der Waals surface area contributed by atoms with Gasteiger partial charge in [-0.1, -0.05) is 6.42 Å². The summed E-state index contributed by atoms with van der Waals surface area (Å²) >= 11 is 1.47. The quantitative estimate of drug-likeness (QED) is 0.939. The van der Waals surface area contributed by atoms with Crippen molar-refractivity contribution in [1.82, 2.24) is 25.1 Å². The Morgan fingerprint density at radius 2 is 2.26 bits per heavy atom. The fraction of sp³-hybridized carbons (Fsp3) is 0.625. The van der Waals surface area contributed by atoms with Gasteiger partial charge in [0.05, 0.1) is 5.51 Å². The summed E-state index contributed by atoms with van der Waals surface area (Å²) in [6.45, 7) is 1.56. The number of H-pyrrole nitrogens is 1. The molecular formula is C16H19N5OS. The van der Waals surface area contributed by atoms with Crippen molar-refractivity contribution in [3.63, 3.8) is 0 Å². The number of nitrogens with zero attached hydrogens (tertiary/aromatic N) is 4. The van der Waals surface area contributed by atoms with Gasteiger partial charge in [0.1, 0.15) is 11.5 Å². The zero-order valence-corrected chi connectivity index (χ0v) is 13.7. The van der Waals surface area contributed by atoms with E-state index in [9.17, 15) is 4.79 Å². The number of likely N-dealkylation sites (tertiary alicyclic amines) is 1. The first-order valence-corrected chi connectivity index (χ1v) is 9.29. The molecule has 0 radical (unpaired) electrons. The SMILES string of the molecule is O=C(c1cscn1)N1CC(c2nc(C3CC3)n[nH]2)C2(CCC2)C1. The minimum atomic E-state index is 0.0574. The van der Waals surface area contributed by atoms with Gasteiger partial charge in [0.15, 0.2) is 5.82 Å². The summed E-state index contributed by atoms with van der Waals surface area (Å²) in [6, 6.07) is 0. The van der Waals surface area contributed by atoms with E-state index in [0.717, 1.165) is 24.7 Å². The molecule has 23 heavy (non-hydrogen) atoms. The lowest BCUT2D eigenvalue weighted by Gasteiger charge is -2.41. The molecule has 5 rings (SSSR count). The minimum absolute atomic E-state index is 0.0574. The first-order valence-electron chi connectivity index (χ1n) is 8.35. The second kappa shape index (κ2) is 4.87. The van der Waals surface area contributed by atoms with Crippen LogP contribution in [0.2, 0.25) is 0 Å². The van der Waals surface area contributed by atoms with Crippen molar-refractivity contribution in [3.05, 3.63) is 28.2 Å². The van der Waals surface area contributed by atoms with Crippen LogP contribution >= 0.6 is 11.3 Å². The molecule has 1 aliphatic heterocycles. The lowest BCUT2D eigenvalue weighted by Crippen LogP contribution is -2.38. The number of aromatic nitrogens is 4. The van der Waals surface area contributed by atoms with Gasteiger partial charge in [-0.2, -0.15) is 5.10 Å². The van der Waals surface area contributed by atoms with E-state index in [4.69, 9.17) is 4.98 Å². The molecule has 2 aromatic heterocycles. The number of rotatable bonds is 3. The second-order valence-corrected chi connectivity index (χ2v) is 7.90. The van der Waals surface area contributed by atoms with Crippen molar-refractivity contribution in [3.8, 4) is 0 Å². The van der Waals surface area contributed by atoms with Gasteiger partial charge in [-0.05, 0) is 31.1 Å². The first kappa shape index (κ1) is 13.7. The van der Waals surface area contributed by atoms with Gasteiger partial charge in [0.2, 0.25) is 0 Å². The zero-order valence-electron chi connectivity index (χ0n) is 12.9. The number of amides is 1. The fourth-order valence-electron chi connectivity index (χ4n) is 4.09. The molecule has 120 valence electrons.